The van der Waals surface area contributed by atoms with Crippen LogP contribution in [0.5, 0.6) is 17.2 Å². The molecule has 10 heteroatoms. The molecule has 188 valence electrons. The van der Waals surface area contributed by atoms with E-state index in [0.29, 0.717) is 54.7 Å². The second kappa shape index (κ2) is 11.3. The van der Waals surface area contributed by atoms with Crippen LogP contribution in [-0.2, 0) is 6.54 Å². The number of hydrogen-bond donors (Lipinski definition) is 2. The van der Waals surface area contributed by atoms with Crippen LogP contribution in [0, 0.1) is 5.82 Å². The summed E-state index contributed by atoms with van der Waals surface area (Å²) < 4.78 is 31.1. The number of likely N-dealkylation sites (tertiary alicyclic amines) is 1. The summed E-state index contributed by atoms with van der Waals surface area (Å²) in [6.07, 6.45) is 3.81. The van der Waals surface area contributed by atoms with Gasteiger partial charge in [-0.2, -0.15) is 0 Å². The Balaban J connectivity index is 0.00000289. The molecule has 0 unspecified atom stereocenters. The minimum Gasteiger partial charge on any atom is -0.497 e. The normalized spacial score (nSPS) is 17.1. The summed E-state index contributed by atoms with van der Waals surface area (Å²) in [7, 11) is 1.56. The van der Waals surface area contributed by atoms with Crippen LogP contribution in [0.1, 0.15) is 30.2 Å². The van der Waals surface area contributed by atoms with Gasteiger partial charge in [-0.25, -0.2) is 4.39 Å². The molecule has 5 rings (SSSR count). The highest BCUT2D eigenvalue weighted by Gasteiger charge is 2.24. The van der Waals surface area contributed by atoms with Gasteiger partial charge >= 0.3 is 0 Å². The van der Waals surface area contributed by atoms with Gasteiger partial charge in [0.1, 0.15) is 24.8 Å². The molecule has 2 aromatic heterocycles. The molecule has 1 atom stereocenters. The number of methoxy groups -OCH3 is 1. The number of nitrogens with one attached hydrogen (secondary N) is 1. The third-order valence-electron chi connectivity index (χ3n) is 6.48. The molecular weight excluding hydrogens is 475 g/mol. The van der Waals surface area contributed by atoms with Crippen LogP contribution >= 0.6 is 12.4 Å². The summed E-state index contributed by atoms with van der Waals surface area (Å²) in [5, 5.41) is 15.1. The van der Waals surface area contributed by atoms with Gasteiger partial charge in [0.05, 0.1) is 36.8 Å². The molecule has 0 amide bonds. The zero-order valence-electron chi connectivity index (χ0n) is 19.6. The van der Waals surface area contributed by atoms with Crippen molar-refractivity contribution in [2.45, 2.75) is 31.5 Å². The zero-order chi connectivity index (χ0) is 23.5. The molecule has 1 aromatic carbocycles. The molecule has 4 heterocycles. The lowest BCUT2D eigenvalue weighted by Crippen LogP contribution is -2.43. The third-order valence-corrected chi connectivity index (χ3v) is 6.48. The van der Waals surface area contributed by atoms with Crippen LogP contribution in [0.15, 0.2) is 36.7 Å². The van der Waals surface area contributed by atoms with Crippen molar-refractivity contribution in [3.63, 3.8) is 0 Å². The number of piperidine rings is 1. The Labute approximate surface area is 209 Å². The van der Waals surface area contributed by atoms with Crippen molar-refractivity contribution in [2.24, 2.45) is 0 Å². The van der Waals surface area contributed by atoms with E-state index in [1.54, 1.807) is 31.5 Å². The first-order valence-corrected chi connectivity index (χ1v) is 11.6. The van der Waals surface area contributed by atoms with E-state index in [1.807, 2.05) is 6.07 Å². The molecule has 0 saturated carbocycles. The molecule has 35 heavy (non-hydrogen) atoms. The number of β-amino-alcohol motifs (C(OH)–C–C–N with tert-alkyl or cyclic N) is 1. The average molecular weight is 505 g/mol. The molecule has 0 aliphatic carbocycles. The summed E-state index contributed by atoms with van der Waals surface area (Å²) >= 11 is 0. The summed E-state index contributed by atoms with van der Waals surface area (Å²) in [5.41, 5.74) is 1.82. The molecule has 8 nitrogen and oxygen atoms in total. The largest absolute Gasteiger partial charge is 0.497 e. The number of aliphatic hydroxyl groups is 1. The fraction of sp³-hybridized carbons (Fsp3) is 0.440. The van der Waals surface area contributed by atoms with E-state index in [2.05, 4.69) is 20.2 Å². The van der Waals surface area contributed by atoms with Crippen LogP contribution in [0.2, 0.25) is 0 Å². The van der Waals surface area contributed by atoms with E-state index >= 15 is 0 Å². The van der Waals surface area contributed by atoms with Gasteiger partial charge < -0.3 is 29.5 Å². The standard InChI is InChI=1S/C25H29FN4O4.ClH/c1-32-18-2-3-21-19(11-18)25(20(26)13-29-21)22(31)15-30-6-4-16(5-7-30)27-12-17-10-23-24(14-28-17)34-9-8-33-23;/h2-3,10-11,13-14,16,22,27,31H,4-9,12,15H2,1H3;1H/t22-;/m1./s1. The van der Waals surface area contributed by atoms with Crippen molar-refractivity contribution in [1.29, 1.82) is 0 Å². The molecule has 1 fully saturated rings. The van der Waals surface area contributed by atoms with Gasteiger partial charge in [0.2, 0.25) is 0 Å². The van der Waals surface area contributed by atoms with E-state index < -0.39 is 11.9 Å². The van der Waals surface area contributed by atoms with Gasteiger partial charge in [-0.3, -0.25) is 9.97 Å². The molecule has 0 radical (unpaired) electrons. The lowest BCUT2D eigenvalue weighted by molar-refractivity contribution is 0.0925. The lowest BCUT2D eigenvalue weighted by atomic mass is 10.0. The fourth-order valence-corrected chi connectivity index (χ4v) is 4.62. The van der Waals surface area contributed by atoms with Gasteiger partial charge in [-0.1, -0.05) is 0 Å². The number of benzene rings is 1. The first-order chi connectivity index (χ1) is 16.6. The van der Waals surface area contributed by atoms with E-state index in [4.69, 9.17) is 14.2 Å². The quantitative estimate of drug-likeness (QED) is 0.507. The van der Waals surface area contributed by atoms with E-state index in [0.717, 1.165) is 37.4 Å². The predicted octanol–water partition coefficient (Wildman–Crippen LogP) is 3.26. The Morgan fingerprint density at radius 1 is 1.14 bits per heavy atom. The highest BCUT2D eigenvalue weighted by Crippen LogP contribution is 2.31. The van der Waals surface area contributed by atoms with Gasteiger partial charge in [-0.05, 0) is 44.1 Å². The van der Waals surface area contributed by atoms with E-state index in [9.17, 15) is 9.50 Å². The number of halogens is 2. The molecule has 1 saturated heterocycles. The monoisotopic (exact) mass is 504 g/mol. The smallest absolute Gasteiger partial charge is 0.179 e. The summed E-state index contributed by atoms with van der Waals surface area (Å²) in [5.74, 6) is 1.54. The van der Waals surface area contributed by atoms with Crippen molar-refractivity contribution in [3.05, 3.63) is 53.7 Å². The Hall–Kier alpha value is -2.72. The van der Waals surface area contributed by atoms with Gasteiger partial charge in [0.15, 0.2) is 11.5 Å². The van der Waals surface area contributed by atoms with Crippen molar-refractivity contribution in [2.75, 3.05) is 40.0 Å². The van der Waals surface area contributed by atoms with Crippen LogP contribution in [-0.4, -0.2) is 66.0 Å². The van der Waals surface area contributed by atoms with Crippen molar-refractivity contribution >= 4 is 23.3 Å². The topological polar surface area (TPSA) is 89.0 Å². The number of rotatable bonds is 7. The minimum atomic E-state index is -0.955. The molecular formula is C25H30ClFN4O4. The second-order valence-corrected chi connectivity index (χ2v) is 8.69. The number of aromatic nitrogens is 2. The van der Waals surface area contributed by atoms with E-state index in [1.165, 1.54) is 6.20 Å². The molecule has 2 aliphatic heterocycles. The number of ether oxygens (including phenoxy) is 3. The van der Waals surface area contributed by atoms with E-state index in [-0.39, 0.29) is 18.0 Å². The maximum atomic E-state index is 14.7. The molecule has 0 spiro atoms. The molecule has 0 bridgehead atoms. The number of hydrogen-bond acceptors (Lipinski definition) is 8. The second-order valence-electron chi connectivity index (χ2n) is 8.69. The van der Waals surface area contributed by atoms with Gasteiger partial charge in [-0.15, -0.1) is 12.4 Å². The summed E-state index contributed by atoms with van der Waals surface area (Å²) in [6.45, 7) is 3.76. The average Bonchev–Trinajstić information content (AvgIpc) is 2.87. The third kappa shape index (κ3) is 5.75. The van der Waals surface area contributed by atoms with Crippen molar-refractivity contribution < 1.29 is 23.7 Å². The number of aliphatic hydroxyl groups excluding tert-OH is 1. The molecule has 2 aliphatic rings. The van der Waals surface area contributed by atoms with Gasteiger partial charge in [0.25, 0.3) is 0 Å². The zero-order valence-corrected chi connectivity index (χ0v) is 20.4. The maximum absolute atomic E-state index is 14.7. The first-order valence-electron chi connectivity index (χ1n) is 11.6. The minimum absolute atomic E-state index is 0. The number of nitrogens with zero attached hydrogens (tertiary/aromatic N) is 3. The van der Waals surface area contributed by atoms with Crippen molar-refractivity contribution in [1.82, 2.24) is 20.2 Å². The van der Waals surface area contributed by atoms with Crippen molar-refractivity contribution in [3.8, 4) is 17.2 Å². The molecule has 2 N–H and O–H groups in total. The van der Waals surface area contributed by atoms with Crippen LogP contribution in [0.3, 0.4) is 0 Å². The first kappa shape index (κ1) is 25.4. The fourth-order valence-electron chi connectivity index (χ4n) is 4.62. The Kier molecular flexibility index (Phi) is 8.22. The summed E-state index contributed by atoms with van der Waals surface area (Å²) in [4.78, 5) is 10.8. The number of fused-ring (bicyclic) bond motifs is 2. The Morgan fingerprint density at radius 3 is 2.69 bits per heavy atom. The van der Waals surface area contributed by atoms with Crippen LogP contribution in [0.4, 0.5) is 4.39 Å². The SMILES string of the molecule is COc1ccc2ncc(F)c([C@H](O)CN3CCC(NCc4cc5c(cn4)OCCO5)CC3)c2c1.Cl. The maximum Gasteiger partial charge on any atom is 0.179 e. The predicted molar refractivity (Wildman–Crippen MR) is 132 cm³/mol. The van der Waals surface area contributed by atoms with Crippen LogP contribution in [0.25, 0.3) is 10.9 Å². The highest BCUT2D eigenvalue weighted by molar-refractivity contribution is 5.85. The van der Waals surface area contributed by atoms with Gasteiger partial charge in [0, 0.05) is 36.1 Å². The van der Waals surface area contributed by atoms with Crippen LogP contribution < -0.4 is 19.5 Å². The molecule has 3 aromatic rings. The Morgan fingerprint density at radius 2 is 1.91 bits per heavy atom. The highest BCUT2D eigenvalue weighted by atomic mass is 35.5. The Bertz CT molecular complexity index is 1160. The number of pyridine rings is 2. The summed E-state index contributed by atoms with van der Waals surface area (Å²) in [6, 6.07) is 7.56. The lowest BCUT2D eigenvalue weighted by Gasteiger charge is -2.33.